The van der Waals surface area contributed by atoms with E-state index in [1.54, 1.807) is 0 Å². The van der Waals surface area contributed by atoms with Gasteiger partial charge >= 0.3 is 6.09 Å². The number of aryl methyl sites for hydroxylation is 1. The standard InChI is InChI=1S/C18H21ClN4O2/c1-21-8-6-20-17(21)12-22-10-15-16(11-22)25-18(24)23(15)7-5-13-3-2-4-14(19)9-13/h2-4,6,8-9,15-16H,5,7,10-12H2,1H3/t15-,16+/m1/s1. The molecular formula is C18H21ClN4O2. The van der Waals surface area contributed by atoms with Crippen molar-refractivity contribution in [3.63, 3.8) is 0 Å². The van der Waals surface area contributed by atoms with E-state index in [1.165, 1.54) is 0 Å². The van der Waals surface area contributed by atoms with E-state index < -0.39 is 0 Å². The van der Waals surface area contributed by atoms with Gasteiger partial charge in [-0.2, -0.15) is 0 Å². The third-order valence-electron chi connectivity index (χ3n) is 5.02. The predicted molar refractivity (Wildman–Crippen MR) is 94.4 cm³/mol. The van der Waals surface area contributed by atoms with Gasteiger partial charge in [0, 0.05) is 44.1 Å². The molecule has 0 radical (unpaired) electrons. The summed E-state index contributed by atoms with van der Waals surface area (Å²) in [7, 11) is 2.00. The summed E-state index contributed by atoms with van der Waals surface area (Å²) in [5.74, 6) is 1.02. The maximum atomic E-state index is 12.2. The van der Waals surface area contributed by atoms with Crippen molar-refractivity contribution in [2.24, 2.45) is 7.05 Å². The first kappa shape index (κ1) is 16.4. The lowest BCUT2D eigenvalue weighted by Crippen LogP contribution is -2.39. The molecule has 1 aromatic carbocycles. The summed E-state index contributed by atoms with van der Waals surface area (Å²) in [5.41, 5.74) is 1.13. The van der Waals surface area contributed by atoms with Gasteiger partial charge < -0.3 is 9.30 Å². The van der Waals surface area contributed by atoms with Gasteiger partial charge in [0.15, 0.2) is 0 Å². The summed E-state index contributed by atoms with van der Waals surface area (Å²) in [4.78, 5) is 20.7. The fourth-order valence-corrected chi connectivity index (χ4v) is 3.87. The van der Waals surface area contributed by atoms with Gasteiger partial charge in [-0.15, -0.1) is 0 Å². The molecule has 2 aliphatic heterocycles. The Balaban J connectivity index is 1.38. The Kier molecular flexibility index (Phi) is 4.39. The molecule has 25 heavy (non-hydrogen) atoms. The van der Waals surface area contributed by atoms with Crippen molar-refractivity contribution >= 4 is 17.7 Å². The minimum atomic E-state index is -0.200. The first-order valence-corrected chi connectivity index (χ1v) is 8.88. The van der Waals surface area contributed by atoms with Gasteiger partial charge in [0.1, 0.15) is 11.9 Å². The number of fused-ring (bicyclic) bond motifs is 1. The Labute approximate surface area is 151 Å². The molecule has 4 rings (SSSR count). The molecule has 3 heterocycles. The Bertz CT molecular complexity index is 778. The van der Waals surface area contributed by atoms with E-state index in [0.29, 0.717) is 6.54 Å². The quantitative estimate of drug-likeness (QED) is 0.821. The van der Waals surface area contributed by atoms with Gasteiger partial charge in [-0.1, -0.05) is 23.7 Å². The third kappa shape index (κ3) is 3.37. The lowest BCUT2D eigenvalue weighted by atomic mass is 10.1. The molecule has 0 aliphatic carbocycles. The van der Waals surface area contributed by atoms with Crippen LogP contribution >= 0.6 is 11.6 Å². The summed E-state index contributed by atoms with van der Waals surface area (Å²) in [6.45, 7) is 3.00. The van der Waals surface area contributed by atoms with Crippen LogP contribution in [0.25, 0.3) is 0 Å². The van der Waals surface area contributed by atoms with Crippen LogP contribution in [-0.4, -0.2) is 57.2 Å². The first-order valence-electron chi connectivity index (χ1n) is 8.50. The smallest absolute Gasteiger partial charge is 0.410 e. The maximum absolute atomic E-state index is 12.2. The van der Waals surface area contributed by atoms with E-state index in [0.717, 1.165) is 42.5 Å². The van der Waals surface area contributed by atoms with Gasteiger partial charge in [0.2, 0.25) is 0 Å². The number of nitrogens with zero attached hydrogens (tertiary/aromatic N) is 4. The highest BCUT2D eigenvalue weighted by atomic mass is 35.5. The number of carbonyl (C=O) groups excluding carboxylic acids is 1. The molecule has 2 aliphatic rings. The number of amides is 1. The molecular weight excluding hydrogens is 340 g/mol. The van der Waals surface area contributed by atoms with E-state index in [9.17, 15) is 4.79 Å². The van der Waals surface area contributed by atoms with E-state index in [4.69, 9.17) is 16.3 Å². The Morgan fingerprint density at radius 1 is 1.36 bits per heavy atom. The minimum Gasteiger partial charge on any atom is -0.442 e. The van der Waals surface area contributed by atoms with Crippen LogP contribution in [0.5, 0.6) is 0 Å². The van der Waals surface area contributed by atoms with Crippen LogP contribution in [0.3, 0.4) is 0 Å². The lowest BCUT2D eigenvalue weighted by Gasteiger charge is -2.22. The highest BCUT2D eigenvalue weighted by molar-refractivity contribution is 6.30. The number of carbonyl (C=O) groups is 1. The van der Waals surface area contributed by atoms with Gasteiger partial charge in [0.05, 0.1) is 12.6 Å². The molecule has 7 heteroatoms. The van der Waals surface area contributed by atoms with Crippen LogP contribution in [0.4, 0.5) is 4.79 Å². The summed E-state index contributed by atoms with van der Waals surface area (Å²) < 4.78 is 7.61. The molecule has 0 bridgehead atoms. The number of halogens is 1. The molecule has 6 nitrogen and oxygen atoms in total. The molecule has 2 aromatic rings. The molecule has 0 N–H and O–H groups in total. The lowest BCUT2D eigenvalue weighted by molar-refractivity contribution is 0.119. The van der Waals surface area contributed by atoms with Crippen molar-refractivity contribution in [1.82, 2.24) is 19.4 Å². The number of hydrogen-bond donors (Lipinski definition) is 0. The topological polar surface area (TPSA) is 50.6 Å². The monoisotopic (exact) mass is 360 g/mol. The molecule has 1 aromatic heterocycles. The minimum absolute atomic E-state index is 0.0490. The number of rotatable bonds is 5. The molecule has 0 unspecified atom stereocenters. The first-order chi connectivity index (χ1) is 12.1. The normalized spacial score (nSPS) is 23.1. The average molecular weight is 361 g/mol. The molecule has 1 amide bonds. The van der Waals surface area contributed by atoms with E-state index in [2.05, 4.69) is 9.88 Å². The highest BCUT2D eigenvalue weighted by Gasteiger charge is 2.47. The Hall–Kier alpha value is -2.05. The van der Waals surface area contributed by atoms with Crippen molar-refractivity contribution in [2.45, 2.75) is 25.1 Å². The number of imidazole rings is 1. The number of ether oxygens (including phenoxy) is 1. The number of aromatic nitrogens is 2. The second kappa shape index (κ2) is 6.69. The molecule has 132 valence electrons. The fraction of sp³-hybridized carbons (Fsp3) is 0.444. The number of likely N-dealkylation sites (tertiary alicyclic amines) is 1. The molecule has 0 saturated carbocycles. The molecule has 2 saturated heterocycles. The van der Waals surface area contributed by atoms with Crippen LogP contribution in [0.1, 0.15) is 11.4 Å². The van der Waals surface area contributed by atoms with Crippen LogP contribution in [-0.2, 0) is 24.8 Å². The SMILES string of the molecule is Cn1ccnc1CN1C[C@@H]2OC(=O)N(CCc3cccc(Cl)c3)[C@@H]2C1. The zero-order valence-corrected chi connectivity index (χ0v) is 14.9. The maximum Gasteiger partial charge on any atom is 0.410 e. The van der Waals surface area contributed by atoms with Gasteiger partial charge in [0.25, 0.3) is 0 Å². The van der Waals surface area contributed by atoms with E-state index in [-0.39, 0.29) is 18.2 Å². The highest BCUT2D eigenvalue weighted by Crippen LogP contribution is 2.28. The van der Waals surface area contributed by atoms with Crippen LogP contribution in [0.2, 0.25) is 5.02 Å². The van der Waals surface area contributed by atoms with Crippen molar-refractivity contribution in [3.8, 4) is 0 Å². The predicted octanol–water partition coefficient (Wildman–Crippen LogP) is 2.32. The van der Waals surface area contributed by atoms with Gasteiger partial charge in [-0.25, -0.2) is 9.78 Å². The van der Waals surface area contributed by atoms with Crippen molar-refractivity contribution in [2.75, 3.05) is 19.6 Å². The number of hydrogen-bond acceptors (Lipinski definition) is 4. The summed E-state index contributed by atoms with van der Waals surface area (Å²) in [6.07, 6.45) is 4.28. The second-order valence-corrected chi connectivity index (χ2v) is 7.15. The Morgan fingerprint density at radius 2 is 2.24 bits per heavy atom. The largest absolute Gasteiger partial charge is 0.442 e. The number of benzene rings is 1. The van der Waals surface area contributed by atoms with Gasteiger partial charge in [-0.3, -0.25) is 9.80 Å². The van der Waals surface area contributed by atoms with E-state index in [1.807, 2.05) is 53.2 Å². The van der Waals surface area contributed by atoms with Crippen LogP contribution in [0, 0.1) is 0 Å². The van der Waals surface area contributed by atoms with Gasteiger partial charge in [-0.05, 0) is 24.1 Å². The van der Waals surface area contributed by atoms with Crippen molar-refractivity contribution in [3.05, 3.63) is 53.1 Å². The van der Waals surface area contributed by atoms with Crippen LogP contribution in [0.15, 0.2) is 36.7 Å². The zero-order valence-electron chi connectivity index (χ0n) is 14.1. The van der Waals surface area contributed by atoms with Crippen molar-refractivity contribution < 1.29 is 9.53 Å². The summed E-state index contributed by atoms with van der Waals surface area (Å²) >= 11 is 6.04. The Morgan fingerprint density at radius 3 is 3.00 bits per heavy atom. The molecule has 2 atom stereocenters. The molecule has 0 spiro atoms. The van der Waals surface area contributed by atoms with E-state index >= 15 is 0 Å². The van der Waals surface area contributed by atoms with Crippen molar-refractivity contribution in [1.29, 1.82) is 0 Å². The van der Waals surface area contributed by atoms with Crippen LogP contribution < -0.4 is 0 Å². The average Bonchev–Trinajstić information content (AvgIpc) is 3.22. The summed E-state index contributed by atoms with van der Waals surface area (Å²) in [6, 6.07) is 7.90. The molecule has 2 fully saturated rings. The second-order valence-electron chi connectivity index (χ2n) is 6.71. The zero-order chi connectivity index (χ0) is 17.4. The summed E-state index contributed by atoms with van der Waals surface area (Å²) in [5, 5.41) is 0.724. The fourth-order valence-electron chi connectivity index (χ4n) is 3.66. The third-order valence-corrected chi connectivity index (χ3v) is 5.25.